The van der Waals surface area contributed by atoms with Gasteiger partial charge in [0.2, 0.25) is 0 Å². The SMILES string of the molecule is Cc1cc(F)cc(C(CSc2cccc(Br)c2)NN)c1. The molecule has 106 valence electrons. The zero-order chi connectivity index (χ0) is 14.5. The molecule has 0 spiro atoms. The molecule has 2 nitrogen and oxygen atoms in total. The second kappa shape index (κ2) is 7.22. The van der Waals surface area contributed by atoms with E-state index in [9.17, 15) is 4.39 Å². The summed E-state index contributed by atoms with van der Waals surface area (Å²) in [5.74, 6) is 6.11. The number of benzene rings is 2. The third-order valence-electron chi connectivity index (χ3n) is 2.88. The van der Waals surface area contributed by atoms with Crippen LogP contribution in [0.2, 0.25) is 0 Å². The summed E-state index contributed by atoms with van der Waals surface area (Å²) in [4.78, 5) is 1.15. The summed E-state index contributed by atoms with van der Waals surface area (Å²) in [6, 6.07) is 13.0. The fourth-order valence-electron chi connectivity index (χ4n) is 1.94. The van der Waals surface area contributed by atoms with Crippen LogP contribution in [0.15, 0.2) is 51.8 Å². The Kier molecular flexibility index (Phi) is 5.60. The minimum absolute atomic E-state index is 0.0895. The third kappa shape index (κ3) is 4.31. The van der Waals surface area contributed by atoms with Gasteiger partial charge in [0, 0.05) is 15.1 Å². The van der Waals surface area contributed by atoms with Gasteiger partial charge < -0.3 is 0 Å². The summed E-state index contributed by atoms with van der Waals surface area (Å²) in [5.41, 5.74) is 4.52. The van der Waals surface area contributed by atoms with E-state index in [1.165, 1.54) is 12.1 Å². The Morgan fingerprint density at radius 3 is 2.75 bits per heavy atom. The van der Waals surface area contributed by atoms with Gasteiger partial charge in [-0.25, -0.2) is 4.39 Å². The lowest BCUT2D eigenvalue weighted by Gasteiger charge is -2.17. The van der Waals surface area contributed by atoms with Crippen molar-refractivity contribution in [3.8, 4) is 0 Å². The molecule has 0 aromatic heterocycles. The maximum atomic E-state index is 13.5. The molecule has 1 atom stereocenters. The van der Waals surface area contributed by atoms with Crippen LogP contribution in [0.5, 0.6) is 0 Å². The van der Waals surface area contributed by atoms with Crippen LogP contribution in [0.1, 0.15) is 17.2 Å². The van der Waals surface area contributed by atoms with Crippen LogP contribution in [0.25, 0.3) is 0 Å². The van der Waals surface area contributed by atoms with Gasteiger partial charge in [0.05, 0.1) is 6.04 Å². The Morgan fingerprint density at radius 2 is 2.10 bits per heavy atom. The maximum absolute atomic E-state index is 13.5. The molecule has 0 heterocycles. The minimum atomic E-state index is -0.229. The molecule has 0 saturated heterocycles. The summed E-state index contributed by atoms with van der Waals surface area (Å²) >= 11 is 5.13. The van der Waals surface area contributed by atoms with Crippen LogP contribution < -0.4 is 11.3 Å². The van der Waals surface area contributed by atoms with Crippen LogP contribution in [-0.4, -0.2) is 5.75 Å². The number of halogens is 2. The van der Waals surface area contributed by atoms with Crippen LogP contribution in [-0.2, 0) is 0 Å². The summed E-state index contributed by atoms with van der Waals surface area (Å²) in [5, 5.41) is 0. The lowest BCUT2D eigenvalue weighted by atomic mass is 10.1. The summed E-state index contributed by atoms with van der Waals surface area (Å²) < 4.78 is 14.5. The van der Waals surface area contributed by atoms with Crippen LogP contribution in [0, 0.1) is 12.7 Å². The van der Waals surface area contributed by atoms with Gasteiger partial charge in [-0.1, -0.05) is 28.1 Å². The smallest absolute Gasteiger partial charge is 0.123 e. The fraction of sp³-hybridized carbons (Fsp3) is 0.200. The molecule has 0 aliphatic carbocycles. The number of thioether (sulfide) groups is 1. The van der Waals surface area contributed by atoms with E-state index in [2.05, 4.69) is 27.4 Å². The molecule has 2 aromatic carbocycles. The van der Waals surface area contributed by atoms with Crippen molar-refractivity contribution in [1.29, 1.82) is 0 Å². The maximum Gasteiger partial charge on any atom is 0.123 e. The van der Waals surface area contributed by atoms with E-state index in [4.69, 9.17) is 5.84 Å². The molecule has 0 radical (unpaired) electrons. The first-order chi connectivity index (χ1) is 9.58. The van der Waals surface area contributed by atoms with Gasteiger partial charge in [-0.15, -0.1) is 11.8 Å². The average molecular weight is 355 g/mol. The molecule has 0 bridgehead atoms. The molecule has 0 aliphatic heterocycles. The highest BCUT2D eigenvalue weighted by molar-refractivity contribution is 9.10. The summed E-state index contributed by atoms with van der Waals surface area (Å²) in [7, 11) is 0. The number of hydrazine groups is 1. The first-order valence-corrected chi connectivity index (χ1v) is 7.98. The average Bonchev–Trinajstić information content (AvgIpc) is 2.38. The van der Waals surface area contributed by atoms with E-state index in [0.717, 1.165) is 26.2 Å². The Morgan fingerprint density at radius 1 is 1.30 bits per heavy atom. The molecular formula is C15H16BrFN2S. The molecule has 3 N–H and O–H groups in total. The van der Waals surface area contributed by atoms with Gasteiger partial charge in [-0.2, -0.15) is 0 Å². The number of aryl methyl sites for hydroxylation is 1. The number of hydrogen-bond donors (Lipinski definition) is 2. The molecule has 1 unspecified atom stereocenters. The minimum Gasteiger partial charge on any atom is -0.271 e. The normalized spacial score (nSPS) is 12.4. The van der Waals surface area contributed by atoms with E-state index in [1.54, 1.807) is 11.8 Å². The topological polar surface area (TPSA) is 38.0 Å². The van der Waals surface area contributed by atoms with Gasteiger partial charge in [-0.3, -0.25) is 11.3 Å². The number of hydrogen-bond acceptors (Lipinski definition) is 3. The van der Waals surface area contributed by atoms with E-state index in [0.29, 0.717) is 0 Å². The Balaban J connectivity index is 2.09. The van der Waals surface area contributed by atoms with Crippen molar-refractivity contribution in [2.45, 2.75) is 17.9 Å². The standard InChI is InChI=1S/C15H16BrFN2S/c1-10-5-11(7-13(17)6-10)15(19-18)9-20-14-4-2-3-12(16)8-14/h2-8,15,19H,9,18H2,1H3. The fourth-order valence-corrected chi connectivity index (χ4v) is 3.53. The molecule has 2 aromatic rings. The molecule has 2 rings (SSSR count). The van der Waals surface area contributed by atoms with Gasteiger partial charge in [0.15, 0.2) is 0 Å². The predicted octanol–water partition coefficient (Wildman–Crippen LogP) is 4.19. The van der Waals surface area contributed by atoms with Gasteiger partial charge in [0.1, 0.15) is 5.82 Å². The molecule has 0 aliphatic rings. The van der Waals surface area contributed by atoms with Crippen molar-refractivity contribution in [2.75, 3.05) is 5.75 Å². The molecule has 20 heavy (non-hydrogen) atoms. The molecule has 0 fully saturated rings. The van der Waals surface area contributed by atoms with Crippen molar-refractivity contribution in [3.05, 3.63) is 63.9 Å². The number of rotatable bonds is 5. The largest absolute Gasteiger partial charge is 0.271 e. The molecular weight excluding hydrogens is 339 g/mol. The lowest BCUT2D eigenvalue weighted by Crippen LogP contribution is -2.29. The van der Waals surface area contributed by atoms with Crippen LogP contribution >= 0.6 is 27.7 Å². The van der Waals surface area contributed by atoms with Gasteiger partial charge >= 0.3 is 0 Å². The van der Waals surface area contributed by atoms with Crippen molar-refractivity contribution >= 4 is 27.7 Å². The third-order valence-corrected chi connectivity index (χ3v) is 4.46. The zero-order valence-electron chi connectivity index (χ0n) is 11.1. The predicted molar refractivity (Wildman–Crippen MR) is 86.1 cm³/mol. The van der Waals surface area contributed by atoms with E-state index >= 15 is 0 Å². The lowest BCUT2D eigenvalue weighted by molar-refractivity contribution is 0.590. The highest BCUT2D eigenvalue weighted by Gasteiger charge is 2.12. The van der Waals surface area contributed by atoms with Crippen molar-refractivity contribution in [1.82, 2.24) is 5.43 Å². The molecule has 5 heteroatoms. The van der Waals surface area contributed by atoms with Gasteiger partial charge in [0.25, 0.3) is 0 Å². The van der Waals surface area contributed by atoms with E-state index in [1.807, 2.05) is 31.2 Å². The van der Waals surface area contributed by atoms with Crippen LogP contribution in [0.4, 0.5) is 4.39 Å². The quantitative estimate of drug-likeness (QED) is 0.480. The Labute approximate surface area is 131 Å². The van der Waals surface area contributed by atoms with Crippen molar-refractivity contribution < 1.29 is 4.39 Å². The second-order valence-electron chi connectivity index (χ2n) is 4.55. The van der Waals surface area contributed by atoms with Crippen molar-refractivity contribution in [3.63, 3.8) is 0 Å². The number of nitrogens with two attached hydrogens (primary N) is 1. The summed E-state index contributed by atoms with van der Waals surface area (Å²) in [6.07, 6.45) is 0. The monoisotopic (exact) mass is 354 g/mol. The second-order valence-corrected chi connectivity index (χ2v) is 6.56. The van der Waals surface area contributed by atoms with Crippen molar-refractivity contribution in [2.24, 2.45) is 5.84 Å². The Bertz CT molecular complexity index is 572. The van der Waals surface area contributed by atoms with E-state index < -0.39 is 0 Å². The van der Waals surface area contributed by atoms with Gasteiger partial charge in [-0.05, 0) is 48.4 Å². The first kappa shape index (κ1) is 15.5. The Hall–Kier alpha value is -0.880. The highest BCUT2D eigenvalue weighted by Crippen LogP contribution is 2.27. The van der Waals surface area contributed by atoms with E-state index in [-0.39, 0.29) is 11.9 Å². The number of nitrogens with one attached hydrogen (secondary N) is 1. The first-order valence-electron chi connectivity index (χ1n) is 6.20. The van der Waals surface area contributed by atoms with Crippen LogP contribution in [0.3, 0.4) is 0 Å². The molecule has 0 saturated carbocycles. The molecule has 0 amide bonds. The zero-order valence-corrected chi connectivity index (χ0v) is 13.5. The highest BCUT2D eigenvalue weighted by atomic mass is 79.9. The summed E-state index contributed by atoms with van der Waals surface area (Å²) in [6.45, 7) is 1.88.